The monoisotopic (exact) mass is 393 g/mol. The molecular weight excluding hydrogens is 366 g/mol. The van der Waals surface area contributed by atoms with Crippen LogP contribution < -0.4 is 10.6 Å². The number of piperidine rings is 1. The fourth-order valence-electron chi connectivity index (χ4n) is 3.78. The zero-order valence-electron chi connectivity index (χ0n) is 16.6. The van der Waals surface area contributed by atoms with Crippen LogP contribution in [0.1, 0.15) is 24.0 Å². The third-order valence-electron chi connectivity index (χ3n) is 5.52. The maximum atomic E-state index is 12.4. The number of rotatable bonds is 5. The zero-order chi connectivity index (χ0) is 20.2. The van der Waals surface area contributed by atoms with Gasteiger partial charge in [-0.05, 0) is 42.2 Å². The number of hydrogen-bond acceptors (Lipinski definition) is 4. The van der Waals surface area contributed by atoms with Crippen molar-refractivity contribution in [3.63, 3.8) is 0 Å². The van der Waals surface area contributed by atoms with Gasteiger partial charge in [-0.2, -0.15) is 5.10 Å². The molecule has 0 atom stereocenters. The van der Waals surface area contributed by atoms with Gasteiger partial charge in [0.05, 0.1) is 17.8 Å². The van der Waals surface area contributed by atoms with Gasteiger partial charge >= 0.3 is 6.03 Å². The summed E-state index contributed by atoms with van der Waals surface area (Å²) in [4.78, 5) is 14.8. The molecule has 152 valence electrons. The van der Waals surface area contributed by atoms with E-state index in [-0.39, 0.29) is 12.1 Å². The number of amides is 2. The summed E-state index contributed by atoms with van der Waals surface area (Å²) in [7, 11) is 1.88. The lowest BCUT2D eigenvalue weighted by Crippen LogP contribution is -2.35. The number of aryl methyl sites for hydroxylation is 1. The molecule has 0 saturated carbocycles. The van der Waals surface area contributed by atoms with E-state index in [0.29, 0.717) is 6.54 Å². The van der Waals surface area contributed by atoms with Gasteiger partial charge in [-0.3, -0.25) is 9.58 Å². The average molecular weight is 393 g/mol. The number of nitrogens with one attached hydrogen (secondary N) is 2. The van der Waals surface area contributed by atoms with Crippen molar-refractivity contribution in [2.75, 3.05) is 18.4 Å². The lowest BCUT2D eigenvalue weighted by atomic mass is 10.0. The minimum Gasteiger partial charge on any atom is -0.393 e. The highest BCUT2D eigenvalue weighted by atomic mass is 16.3. The Morgan fingerprint density at radius 1 is 1.17 bits per heavy atom. The summed E-state index contributed by atoms with van der Waals surface area (Å²) in [5.41, 5.74) is 4.02. The number of carbonyl (C=O) groups excluding carboxylic acids is 1. The molecule has 29 heavy (non-hydrogen) atoms. The Kier molecular flexibility index (Phi) is 5.78. The summed E-state index contributed by atoms with van der Waals surface area (Å²) in [6, 6.07) is 13.7. The molecule has 1 fully saturated rings. The minimum atomic E-state index is -0.234. The molecule has 2 amide bonds. The number of nitrogens with zero attached hydrogens (tertiary/aromatic N) is 3. The third kappa shape index (κ3) is 4.75. The number of aliphatic hydroxyl groups is 1. The van der Waals surface area contributed by atoms with Crippen LogP contribution in [0.5, 0.6) is 0 Å². The molecule has 1 aliphatic rings. The fourth-order valence-corrected chi connectivity index (χ4v) is 3.78. The van der Waals surface area contributed by atoms with Gasteiger partial charge < -0.3 is 15.7 Å². The molecule has 2 heterocycles. The van der Waals surface area contributed by atoms with E-state index in [1.54, 1.807) is 10.9 Å². The Morgan fingerprint density at radius 2 is 1.93 bits per heavy atom. The topological polar surface area (TPSA) is 82.4 Å². The number of hydrogen-bond donors (Lipinski definition) is 3. The van der Waals surface area contributed by atoms with Crippen LogP contribution in [0.15, 0.2) is 48.7 Å². The molecule has 0 unspecified atom stereocenters. The highest BCUT2D eigenvalue weighted by Crippen LogP contribution is 2.19. The van der Waals surface area contributed by atoms with E-state index in [9.17, 15) is 9.90 Å². The van der Waals surface area contributed by atoms with Crippen LogP contribution in [0, 0.1) is 0 Å². The van der Waals surface area contributed by atoms with E-state index in [0.717, 1.165) is 54.6 Å². The van der Waals surface area contributed by atoms with E-state index in [2.05, 4.69) is 32.8 Å². The van der Waals surface area contributed by atoms with Gasteiger partial charge in [0.2, 0.25) is 0 Å². The van der Waals surface area contributed by atoms with Crippen LogP contribution in [0.2, 0.25) is 0 Å². The molecule has 0 bridgehead atoms. The Hall–Kier alpha value is -2.90. The summed E-state index contributed by atoms with van der Waals surface area (Å²) in [6.07, 6.45) is 3.28. The quantitative estimate of drug-likeness (QED) is 0.623. The maximum Gasteiger partial charge on any atom is 0.319 e. The lowest BCUT2D eigenvalue weighted by Gasteiger charge is -2.30. The van der Waals surface area contributed by atoms with Crippen LogP contribution in [0.25, 0.3) is 10.9 Å². The smallest absolute Gasteiger partial charge is 0.319 e. The van der Waals surface area contributed by atoms with Gasteiger partial charge in [0, 0.05) is 44.3 Å². The van der Waals surface area contributed by atoms with E-state index in [4.69, 9.17) is 0 Å². The molecular formula is C22H27N5O2. The van der Waals surface area contributed by atoms with Crippen molar-refractivity contribution in [1.82, 2.24) is 20.0 Å². The number of fused-ring (bicyclic) bond motifs is 1. The van der Waals surface area contributed by atoms with Crippen LogP contribution in [0.3, 0.4) is 0 Å². The van der Waals surface area contributed by atoms with Crippen molar-refractivity contribution in [3.8, 4) is 0 Å². The number of urea groups is 1. The summed E-state index contributed by atoms with van der Waals surface area (Å²) >= 11 is 0. The largest absolute Gasteiger partial charge is 0.393 e. The number of anilines is 1. The van der Waals surface area contributed by atoms with Crippen molar-refractivity contribution in [2.24, 2.45) is 7.05 Å². The van der Waals surface area contributed by atoms with Crippen LogP contribution in [-0.4, -0.2) is 45.0 Å². The highest BCUT2D eigenvalue weighted by molar-refractivity contribution is 5.92. The Labute approximate surface area is 170 Å². The second kappa shape index (κ2) is 8.63. The zero-order valence-corrected chi connectivity index (χ0v) is 16.6. The normalized spacial score (nSPS) is 15.5. The van der Waals surface area contributed by atoms with Crippen molar-refractivity contribution in [3.05, 3.63) is 59.8 Å². The van der Waals surface area contributed by atoms with Gasteiger partial charge in [0.25, 0.3) is 0 Å². The van der Waals surface area contributed by atoms with Crippen molar-refractivity contribution in [1.29, 1.82) is 0 Å². The first-order chi connectivity index (χ1) is 14.1. The first-order valence-electron chi connectivity index (χ1n) is 10.0. The maximum absolute atomic E-state index is 12.4. The first-order valence-corrected chi connectivity index (χ1v) is 10.0. The van der Waals surface area contributed by atoms with Gasteiger partial charge in [0.1, 0.15) is 0 Å². The van der Waals surface area contributed by atoms with Gasteiger partial charge in [-0.15, -0.1) is 0 Å². The first kappa shape index (κ1) is 19.4. The molecule has 1 aliphatic heterocycles. The molecule has 2 aromatic carbocycles. The molecule has 1 aromatic heterocycles. The molecule has 0 aliphatic carbocycles. The number of aliphatic hydroxyl groups excluding tert-OH is 1. The Morgan fingerprint density at radius 3 is 2.72 bits per heavy atom. The molecule has 1 saturated heterocycles. The second-order valence-corrected chi connectivity index (χ2v) is 7.63. The summed E-state index contributed by atoms with van der Waals surface area (Å²) in [5, 5.41) is 20.8. The molecule has 4 rings (SSSR count). The number of benzene rings is 2. The predicted molar refractivity (Wildman–Crippen MR) is 114 cm³/mol. The van der Waals surface area contributed by atoms with Gasteiger partial charge in [0.15, 0.2) is 0 Å². The van der Waals surface area contributed by atoms with E-state index in [1.807, 2.05) is 37.4 Å². The fraction of sp³-hybridized carbons (Fsp3) is 0.364. The third-order valence-corrected chi connectivity index (χ3v) is 5.52. The molecule has 3 aromatic rings. The van der Waals surface area contributed by atoms with Crippen molar-refractivity contribution < 1.29 is 9.90 Å². The van der Waals surface area contributed by atoms with E-state index in [1.165, 1.54) is 5.56 Å². The summed E-state index contributed by atoms with van der Waals surface area (Å²) in [5.74, 6) is 0. The molecule has 3 N–H and O–H groups in total. The Balaban J connectivity index is 1.35. The lowest BCUT2D eigenvalue weighted by molar-refractivity contribution is 0.0791. The van der Waals surface area contributed by atoms with Crippen LogP contribution in [-0.2, 0) is 20.1 Å². The van der Waals surface area contributed by atoms with Crippen molar-refractivity contribution >= 4 is 22.6 Å². The predicted octanol–water partition coefficient (Wildman–Crippen LogP) is 2.85. The molecule has 0 spiro atoms. The minimum absolute atomic E-state index is 0.169. The highest BCUT2D eigenvalue weighted by Gasteiger charge is 2.18. The second-order valence-electron chi connectivity index (χ2n) is 7.63. The average Bonchev–Trinajstić information content (AvgIpc) is 3.09. The van der Waals surface area contributed by atoms with E-state index >= 15 is 0 Å². The van der Waals surface area contributed by atoms with Gasteiger partial charge in [-0.25, -0.2) is 4.79 Å². The number of likely N-dealkylation sites (tertiary alicyclic amines) is 1. The number of carbonyl (C=O) groups is 1. The van der Waals surface area contributed by atoms with Gasteiger partial charge in [-0.1, -0.05) is 24.3 Å². The number of aromatic nitrogens is 2. The molecule has 7 heteroatoms. The van der Waals surface area contributed by atoms with Crippen LogP contribution in [0.4, 0.5) is 10.5 Å². The molecule has 0 radical (unpaired) electrons. The van der Waals surface area contributed by atoms with E-state index < -0.39 is 0 Å². The summed E-state index contributed by atoms with van der Waals surface area (Å²) in [6.45, 7) is 3.11. The van der Waals surface area contributed by atoms with Crippen LogP contribution >= 0.6 is 0 Å². The SMILES string of the molecule is Cn1ncc2ccc(NC(=O)NCc3ccccc3CN3CCC(O)CC3)cc21. The standard InChI is InChI=1S/C22H27N5O2/c1-26-21-12-19(7-6-17(21)14-24-26)25-22(29)23-13-16-4-2-3-5-18(16)15-27-10-8-20(28)9-11-27/h2-7,12,14,20,28H,8-11,13,15H2,1H3,(H2,23,25,29). The summed E-state index contributed by atoms with van der Waals surface area (Å²) < 4.78 is 1.79. The Bertz CT molecular complexity index is 992. The molecule has 7 nitrogen and oxygen atoms in total. The van der Waals surface area contributed by atoms with Crippen molar-refractivity contribution in [2.45, 2.75) is 32.0 Å².